The molecular weight excluding hydrogens is 555 g/mol. The van der Waals surface area contributed by atoms with Crippen LogP contribution in [-0.2, 0) is 12.7 Å². The van der Waals surface area contributed by atoms with Gasteiger partial charge in [-0.05, 0) is 93.5 Å². The molecule has 2 aromatic carbocycles. The number of hydrogen-bond donors (Lipinski definition) is 2. The Morgan fingerprint density at radius 2 is 1.93 bits per heavy atom. The maximum atomic E-state index is 14.1. The van der Waals surface area contributed by atoms with Crippen molar-refractivity contribution >= 4 is 23.2 Å². The van der Waals surface area contributed by atoms with Gasteiger partial charge in [0.25, 0.3) is 5.91 Å². The number of alkyl halides is 3. The Bertz CT molecular complexity index is 1580. The van der Waals surface area contributed by atoms with Crippen LogP contribution in [0.15, 0.2) is 73.2 Å². The summed E-state index contributed by atoms with van der Waals surface area (Å²) < 4.78 is 42.3. The van der Waals surface area contributed by atoms with Crippen LogP contribution in [0.3, 0.4) is 0 Å². The molecule has 1 amide bonds. The Balaban J connectivity index is 1.30. The number of benzene rings is 2. The summed E-state index contributed by atoms with van der Waals surface area (Å²) in [6, 6.07) is 14.5. The molecule has 0 saturated carbocycles. The van der Waals surface area contributed by atoms with Crippen molar-refractivity contribution in [2.75, 3.05) is 44.4 Å². The van der Waals surface area contributed by atoms with E-state index in [9.17, 15) is 18.0 Å². The lowest BCUT2D eigenvalue weighted by atomic mass is 10.0. The average Bonchev–Trinajstić information content (AvgIpc) is 3.41. The third kappa shape index (κ3) is 7.74. The number of carbonyl (C=O) groups is 1. The van der Waals surface area contributed by atoms with Crippen molar-refractivity contribution in [2.24, 2.45) is 5.92 Å². The molecule has 1 fully saturated rings. The number of hydrogen-bond acceptors (Lipinski definition) is 7. The Morgan fingerprint density at radius 1 is 1.09 bits per heavy atom. The van der Waals surface area contributed by atoms with Gasteiger partial charge < -0.3 is 15.5 Å². The first-order valence-electron chi connectivity index (χ1n) is 14.0. The molecule has 1 aliphatic heterocycles. The number of amides is 1. The van der Waals surface area contributed by atoms with E-state index in [1.807, 2.05) is 33.2 Å². The molecule has 0 radical (unpaired) electrons. The summed E-state index contributed by atoms with van der Waals surface area (Å²) in [7, 11) is 4.00. The number of likely N-dealkylation sites (tertiary alicyclic amines) is 1. The zero-order valence-corrected chi connectivity index (χ0v) is 24.3. The predicted octanol–water partition coefficient (Wildman–Crippen LogP) is 6.25. The van der Waals surface area contributed by atoms with Crippen LogP contribution in [0.25, 0.3) is 11.3 Å². The molecule has 0 spiro atoms. The summed E-state index contributed by atoms with van der Waals surface area (Å²) in [5, 5.41) is 5.90. The number of nitrogens with one attached hydrogen (secondary N) is 2. The second kappa shape index (κ2) is 12.9. The SMILES string of the molecule is Cc1ccc(NC(=O)c2ccc(CN3CC[C@@H](CN(C)C)C3)c(C(F)(F)F)c2)cc1Nc1nccc(-c2cccnc2)n1. The maximum Gasteiger partial charge on any atom is 0.416 e. The van der Waals surface area contributed by atoms with Gasteiger partial charge in [-0.15, -0.1) is 0 Å². The van der Waals surface area contributed by atoms with Gasteiger partial charge in [0.15, 0.2) is 0 Å². The molecule has 224 valence electrons. The third-order valence-corrected chi connectivity index (χ3v) is 7.42. The number of anilines is 3. The van der Waals surface area contributed by atoms with E-state index in [-0.39, 0.29) is 17.7 Å². The van der Waals surface area contributed by atoms with Crippen LogP contribution in [0.4, 0.5) is 30.5 Å². The Hall–Kier alpha value is -4.35. The van der Waals surface area contributed by atoms with E-state index >= 15 is 0 Å². The topological polar surface area (TPSA) is 86.3 Å². The quantitative estimate of drug-likeness (QED) is 0.239. The van der Waals surface area contributed by atoms with E-state index in [0.29, 0.717) is 28.9 Å². The van der Waals surface area contributed by atoms with Crippen LogP contribution >= 0.6 is 0 Å². The van der Waals surface area contributed by atoms with Crippen LogP contribution in [0, 0.1) is 12.8 Å². The van der Waals surface area contributed by atoms with Gasteiger partial charge in [0.05, 0.1) is 11.3 Å². The van der Waals surface area contributed by atoms with E-state index in [0.717, 1.165) is 43.2 Å². The Morgan fingerprint density at radius 3 is 2.67 bits per heavy atom. The predicted molar refractivity (Wildman–Crippen MR) is 161 cm³/mol. The van der Waals surface area contributed by atoms with Crippen molar-refractivity contribution in [1.82, 2.24) is 24.8 Å². The summed E-state index contributed by atoms with van der Waals surface area (Å²) in [5.74, 6) is 0.151. The second-order valence-corrected chi connectivity index (χ2v) is 11.1. The van der Waals surface area contributed by atoms with E-state index in [1.165, 1.54) is 12.1 Å². The van der Waals surface area contributed by atoms with Gasteiger partial charge >= 0.3 is 6.18 Å². The highest BCUT2D eigenvalue weighted by Crippen LogP contribution is 2.34. The maximum absolute atomic E-state index is 14.1. The van der Waals surface area contributed by atoms with E-state index in [4.69, 9.17) is 0 Å². The highest BCUT2D eigenvalue weighted by atomic mass is 19.4. The van der Waals surface area contributed by atoms with Crippen molar-refractivity contribution in [1.29, 1.82) is 0 Å². The molecule has 0 bridgehead atoms. The minimum Gasteiger partial charge on any atom is -0.324 e. The fraction of sp³-hybridized carbons (Fsp3) is 0.312. The van der Waals surface area contributed by atoms with Gasteiger partial charge in [0, 0.05) is 60.7 Å². The van der Waals surface area contributed by atoms with Gasteiger partial charge in [-0.25, -0.2) is 9.97 Å². The highest BCUT2D eigenvalue weighted by Gasteiger charge is 2.35. The number of aromatic nitrogens is 3. The third-order valence-electron chi connectivity index (χ3n) is 7.42. The highest BCUT2D eigenvalue weighted by molar-refractivity contribution is 6.04. The lowest BCUT2D eigenvalue weighted by Crippen LogP contribution is -2.26. The van der Waals surface area contributed by atoms with Gasteiger partial charge in [-0.2, -0.15) is 13.2 Å². The first-order valence-corrected chi connectivity index (χ1v) is 14.0. The molecule has 2 aromatic heterocycles. The summed E-state index contributed by atoms with van der Waals surface area (Å²) in [6.07, 6.45) is 1.39. The summed E-state index contributed by atoms with van der Waals surface area (Å²) in [5.41, 5.74) is 2.78. The van der Waals surface area contributed by atoms with Gasteiger partial charge in [0.1, 0.15) is 0 Å². The number of nitrogens with zero attached hydrogens (tertiary/aromatic N) is 5. The monoisotopic (exact) mass is 589 g/mol. The van der Waals surface area contributed by atoms with Crippen LogP contribution < -0.4 is 10.6 Å². The molecule has 4 aromatic rings. The van der Waals surface area contributed by atoms with E-state index < -0.39 is 17.6 Å². The minimum atomic E-state index is -4.58. The summed E-state index contributed by atoms with van der Waals surface area (Å²) >= 11 is 0. The molecule has 1 atom stereocenters. The summed E-state index contributed by atoms with van der Waals surface area (Å²) in [4.78, 5) is 30.2. The summed E-state index contributed by atoms with van der Waals surface area (Å²) in [6.45, 7) is 4.48. The molecular formula is C32H34F3N7O. The molecule has 1 aliphatic rings. The lowest BCUT2D eigenvalue weighted by Gasteiger charge is -2.21. The number of pyridine rings is 1. The molecule has 11 heteroatoms. The average molecular weight is 590 g/mol. The van der Waals surface area contributed by atoms with Crippen molar-refractivity contribution in [2.45, 2.75) is 26.1 Å². The Kier molecular flexibility index (Phi) is 9.02. The first kappa shape index (κ1) is 30.1. The van der Waals surface area contributed by atoms with E-state index in [1.54, 1.807) is 42.9 Å². The number of carbonyl (C=O) groups excluding carboxylic acids is 1. The van der Waals surface area contributed by atoms with Crippen molar-refractivity contribution in [3.63, 3.8) is 0 Å². The van der Waals surface area contributed by atoms with Crippen molar-refractivity contribution in [3.8, 4) is 11.3 Å². The van der Waals surface area contributed by atoms with E-state index in [2.05, 4.69) is 35.4 Å². The van der Waals surface area contributed by atoms with Gasteiger partial charge in [-0.3, -0.25) is 14.7 Å². The molecule has 2 N–H and O–H groups in total. The first-order chi connectivity index (χ1) is 20.5. The molecule has 5 rings (SSSR count). The second-order valence-electron chi connectivity index (χ2n) is 11.1. The van der Waals surface area contributed by atoms with Gasteiger partial charge in [-0.1, -0.05) is 12.1 Å². The number of aryl methyl sites for hydroxylation is 1. The largest absolute Gasteiger partial charge is 0.416 e. The zero-order valence-electron chi connectivity index (χ0n) is 24.3. The fourth-order valence-electron chi connectivity index (χ4n) is 5.33. The molecule has 3 heterocycles. The minimum absolute atomic E-state index is 0.0643. The van der Waals surface area contributed by atoms with Crippen LogP contribution in [0.5, 0.6) is 0 Å². The molecule has 0 unspecified atom stereocenters. The van der Waals surface area contributed by atoms with Crippen LogP contribution in [0.1, 0.15) is 33.5 Å². The fourth-order valence-corrected chi connectivity index (χ4v) is 5.33. The van der Waals surface area contributed by atoms with Gasteiger partial charge in [0.2, 0.25) is 5.95 Å². The lowest BCUT2D eigenvalue weighted by molar-refractivity contribution is -0.138. The number of rotatable bonds is 9. The normalized spacial score (nSPS) is 15.6. The molecule has 43 heavy (non-hydrogen) atoms. The molecule has 0 aliphatic carbocycles. The number of halogens is 3. The van der Waals surface area contributed by atoms with Crippen molar-refractivity contribution in [3.05, 3.63) is 95.4 Å². The molecule has 1 saturated heterocycles. The smallest absolute Gasteiger partial charge is 0.324 e. The van der Waals surface area contributed by atoms with Crippen LogP contribution in [0.2, 0.25) is 0 Å². The standard InChI is InChI=1S/C32H34F3N7O/c1-21-6-9-26(16-29(21)40-31-37-13-10-28(39-31)24-5-4-12-36-17-24)38-30(43)23-7-8-25(27(15-23)32(33,34)35)20-42-14-11-22(19-42)18-41(2)3/h4-10,12-13,15-17,22H,11,14,18-20H2,1-3H3,(H,38,43)(H,37,39,40)/t22-/m0/s1. The van der Waals surface area contributed by atoms with Crippen molar-refractivity contribution < 1.29 is 18.0 Å². The van der Waals surface area contributed by atoms with Crippen LogP contribution in [-0.4, -0.2) is 64.4 Å². The molecule has 8 nitrogen and oxygen atoms in total. The zero-order chi connectivity index (χ0) is 30.6. The Labute approximate surface area is 249 Å².